The van der Waals surface area contributed by atoms with Crippen molar-refractivity contribution >= 4 is 28.9 Å². The number of ether oxygens (including phenoxy) is 2. The van der Waals surface area contributed by atoms with Crippen LogP contribution in [0.5, 0.6) is 0 Å². The Morgan fingerprint density at radius 1 is 1.21 bits per heavy atom. The van der Waals surface area contributed by atoms with Crippen LogP contribution in [0.1, 0.15) is 63.5 Å². The zero-order valence-electron chi connectivity index (χ0n) is 19.9. The van der Waals surface area contributed by atoms with Crippen LogP contribution in [0, 0.1) is 0 Å². The van der Waals surface area contributed by atoms with E-state index in [1.165, 1.54) is 0 Å². The van der Waals surface area contributed by atoms with Crippen LogP contribution in [0.3, 0.4) is 0 Å². The molecule has 1 N–H and O–H groups in total. The van der Waals surface area contributed by atoms with Gasteiger partial charge in [0.25, 0.3) is 0 Å². The second kappa shape index (κ2) is 10.8. The van der Waals surface area contributed by atoms with Crippen molar-refractivity contribution in [1.82, 2.24) is 10.2 Å². The van der Waals surface area contributed by atoms with Crippen LogP contribution in [-0.4, -0.2) is 55.2 Å². The van der Waals surface area contributed by atoms with E-state index in [0.29, 0.717) is 32.6 Å². The molecular formula is C25H34N2O6. The number of amides is 3. The van der Waals surface area contributed by atoms with Gasteiger partial charge in [0.15, 0.2) is 0 Å². The second-order valence-electron chi connectivity index (χ2n) is 9.50. The van der Waals surface area contributed by atoms with Gasteiger partial charge in [-0.2, -0.15) is 0 Å². The quantitative estimate of drug-likeness (QED) is 0.448. The number of carbonyl (C=O) groups is 3. The number of imide groups is 1. The number of rotatable bonds is 9. The third-order valence-electron chi connectivity index (χ3n) is 5.52. The first kappa shape index (κ1) is 24.8. The zero-order chi connectivity index (χ0) is 24.0. The van der Waals surface area contributed by atoms with Gasteiger partial charge in [-0.05, 0) is 64.2 Å². The standard InChI is InChI=1S/C25H34N2O6/c1-25(2,3)33-24(30)27(4)12-6-14-31-13-5-7-17-8-10-21-19(15-17)20(16-32-21)18-9-11-22(28)26-23(18)29/h8,10,15-16,18H,5-7,9,11-14H2,1-4H3,(H,26,28,29). The number of piperidine rings is 1. The molecule has 1 aromatic carbocycles. The minimum absolute atomic E-state index is 0.221. The average molecular weight is 459 g/mol. The van der Waals surface area contributed by atoms with Crippen LogP contribution in [0.25, 0.3) is 11.0 Å². The summed E-state index contributed by atoms with van der Waals surface area (Å²) in [7, 11) is 1.73. The fourth-order valence-electron chi connectivity index (χ4n) is 3.83. The SMILES string of the molecule is CN(CCCOCCCc1ccc2occ(C3CCC(=O)NC3=O)c2c1)C(=O)OC(C)(C)C. The topological polar surface area (TPSA) is 98.1 Å². The van der Waals surface area contributed by atoms with Crippen molar-refractivity contribution in [3.8, 4) is 0 Å². The van der Waals surface area contributed by atoms with E-state index in [2.05, 4.69) is 11.4 Å². The van der Waals surface area contributed by atoms with Crippen LogP contribution in [0.4, 0.5) is 4.79 Å². The number of nitrogens with one attached hydrogen (secondary N) is 1. The smallest absolute Gasteiger partial charge is 0.410 e. The molecule has 0 spiro atoms. The maximum atomic E-state index is 12.3. The monoisotopic (exact) mass is 458 g/mol. The Hall–Kier alpha value is -2.87. The summed E-state index contributed by atoms with van der Waals surface area (Å²) in [4.78, 5) is 37.2. The molecule has 2 aromatic rings. The van der Waals surface area contributed by atoms with Crippen molar-refractivity contribution in [3.05, 3.63) is 35.6 Å². The highest BCUT2D eigenvalue weighted by Crippen LogP contribution is 2.33. The van der Waals surface area contributed by atoms with Crippen molar-refractivity contribution in [2.24, 2.45) is 0 Å². The van der Waals surface area contributed by atoms with E-state index in [-0.39, 0.29) is 23.8 Å². The van der Waals surface area contributed by atoms with Gasteiger partial charge in [-0.1, -0.05) is 6.07 Å². The lowest BCUT2D eigenvalue weighted by molar-refractivity contribution is -0.134. The van der Waals surface area contributed by atoms with E-state index >= 15 is 0 Å². The first-order valence-corrected chi connectivity index (χ1v) is 11.5. The highest BCUT2D eigenvalue weighted by molar-refractivity contribution is 6.02. The number of furan rings is 1. The number of nitrogens with zero attached hydrogens (tertiary/aromatic N) is 1. The van der Waals surface area contributed by atoms with Crippen LogP contribution in [0.2, 0.25) is 0 Å². The Labute approximate surface area is 194 Å². The van der Waals surface area contributed by atoms with Gasteiger partial charge in [0.05, 0.1) is 12.2 Å². The molecule has 1 atom stereocenters. The largest absolute Gasteiger partial charge is 0.464 e. The second-order valence-corrected chi connectivity index (χ2v) is 9.50. The van der Waals surface area contributed by atoms with Gasteiger partial charge in [-0.15, -0.1) is 0 Å². The number of hydrogen-bond donors (Lipinski definition) is 1. The summed E-state index contributed by atoms with van der Waals surface area (Å²) in [6.45, 7) is 7.33. The number of carbonyl (C=O) groups excluding carboxylic acids is 3. The minimum atomic E-state index is -0.496. The molecule has 2 heterocycles. The lowest BCUT2D eigenvalue weighted by atomic mass is 9.90. The molecular weight excluding hydrogens is 424 g/mol. The van der Waals surface area contributed by atoms with Gasteiger partial charge in [0, 0.05) is 44.2 Å². The summed E-state index contributed by atoms with van der Waals surface area (Å²) in [5.74, 6) is -0.840. The summed E-state index contributed by atoms with van der Waals surface area (Å²) in [6.07, 6.45) is 4.59. The summed E-state index contributed by atoms with van der Waals surface area (Å²) < 4.78 is 16.7. The molecule has 8 heteroatoms. The third-order valence-corrected chi connectivity index (χ3v) is 5.52. The summed E-state index contributed by atoms with van der Waals surface area (Å²) >= 11 is 0. The molecule has 0 aliphatic carbocycles. The molecule has 33 heavy (non-hydrogen) atoms. The van der Waals surface area contributed by atoms with E-state index in [9.17, 15) is 14.4 Å². The van der Waals surface area contributed by atoms with E-state index in [4.69, 9.17) is 13.9 Å². The Balaban J connectivity index is 1.41. The Kier molecular flexibility index (Phi) is 8.13. The van der Waals surface area contributed by atoms with Gasteiger partial charge in [0.2, 0.25) is 11.8 Å². The molecule has 1 aliphatic heterocycles. The maximum Gasteiger partial charge on any atom is 0.410 e. The Morgan fingerprint density at radius 3 is 2.70 bits per heavy atom. The Morgan fingerprint density at radius 2 is 1.97 bits per heavy atom. The molecule has 1 saturated heterocycles. The fourth-order valence-corrected chi connectivity index (χ4v) is 3.83. The van der Waals surface area contributed by atoms with E-state index in [0.717, 1.165) is 41.4 Å². The molecule has 0 saturated carbocycles. The normalized spacial score (nSPS) is 16.7. The molecule has 3 amide bonds. The highest BCUT2D eigenvalue weighted by atomic mass is 16.6. The van der Waals surface area contributed by atoms with Crippen molar-refractivity contribution in [1.29, 1.82) is 0 Å². The fraction of sp³-hybridized carbons (Fsp3) is 0.560. The first-order chi connectivity index (χ1) is 15.6. The molecule has 1 fully saturated rings. The first-order valence-electron chi connectivity index (χ1n) is 11.5. The number of aryl methyl sites for hydroxylation is 1. The molecule has 3 rings (SSSR count). The predicted molar refractivity (Wildman–Crippen MR) is 124 cm³/mol. The molecule has 1 unspecified atom stereocenters. The molecule has 0 radical (unpaired) electrons. The lowest BCUT2D eigenvalue weighted by Gasteiger charge is -2.24. The van der Waals surface area contributed by atoms with Gasteiger partial charge in [-0.3, -0.25) is 14.9 Å². The lowest BCUT2D eigenvalue weighted by Crippen LogP contribution is -2.39. The highest BCUT2D eigenvalue weighted by Gasteiger charge is 2.30. The molecule has 8 nitrogen and oxygen atoms in total. The van der Waals surface area contributed by atoms with Crippen molar-refractivity contribution in [2.75, 3.05) is 26.8 Å². The summed E-state index contributed by atoms with van der Waals surface area (Å²) in [6, 6.07) is 6.01. The van der Waals surface area contributed by atoms with Gasteiger partial charge < -0.3 is 18.8 Å². The number of fused-ring (bicyclic) bond motifs is 1. The molecule has 1 aromatic heterocycles. The van der Waals surface area contributed by atoms with Gasteiger partial charge in [0.1, 0.15) is 11.2 Å². The number of hydrogen-bond acceptors (Lipinski definition) is 6. The summed E-state index contributed by atoms with van der Waals surface area (Å²) in [5.41, 5.74) is 2.22. The molecule has 180 valence electrons. The van der Waals surface area contributed by atoms with Crippen LogP contribution in [0.15, 0.2) is 28.9 Å². The Bertz CT molecular complexity index is 990. The zero-order valence-corrected chi connectivity index (χ0v) is 19.9. The predicted octanol–water partition coefficient (Wildman–Crippen LogP) is 4.16. The maximum absolute atomic E-state index is 12.3. The van der Waals surface area contributed by atoms with E-state index in [1.807, 2.05) is 32.9 Å². The number of benzene rings is 1. The van der Waals surface area contributed by atoms with Crippen molar-refractivity contribution in [3.63, 3.8) is 0 Å². The van der Waals surface area contributed by atoms with Crippen LogP contribution in [-0.2, 0) is 25.5 Å². The van der Waals surface area contributed by atoms with Crippen molar-refractivity contribution in [2.45, 2.75) is 64.4 Å². The minimum Gasteiger partial charge on any atom is -0.464 e. The van der Waals surface area contributed by atoms with Crippen LogP contribution >= 0.6 is 0 Å². The third kappa shape index (κ3) is 7.05. The molecule has 1 aliphatic rings. The van der Waals surface area contributed by atoms with Gasteiger partial charge >= 0.3 is 6.09 Å². The van der Waals surface area contributed by atoms with E-state index < -0.39 is 5.60 Å². The van der Waals surface area contributed by atoms with Crippen molar-refractivity contribution < 1.29 is 28.3 Å². The summed E-state index contributed by atoms with van der Waals surface area (Å²) in [5, 5.41) is 3.34. The average Bonchev–Trinajstić information content (AvgIpc) is 3.14. The van der Waals surface area contributed by atoms with Crippen LogP contribution < -0.4 is 5.32 Å². The molecule has 0 bridgehead atoms. The van der Waals surface area contributed by atoms with E-state index in [1.54, 1.807) is 18.2 Å². The van der Waals surface area contributed by atoms with Gasteiger partial charge in [-0.25, -0.2) is 4.79 Å².